The van der Waals surface area contributed by atoms with Crippen molar-refractivity contribution in [2.45, 2.75) is 39.5 Å². The van der Waals surface area contributed by atoms with Gasteiger partial charge in [-0.2, -0.15) is 0 Å². The number of nitrogens with two attached hydrogens (primary N) is 2. The van der Waals surface area contributed by atoms with Gasteiger partial charge in [0.05, 0.1) is 6.54 Å². The van der Waals surface area contributed by atoms with Gasteiger partial charge in [0.1, 0.15) is 0 Å². The highest BCUT2D eigenvalue weighted by Crippen LogP contribution is 1.96. The van der Waals surface area contributed by atoms with E-state index in [0.717, 1.165) is 19.3 Å². The molecular weight excluding hydrogens is 210 g/mol. The molecule has 0 aliphatic rings. The molecule has 0 aliphatic heterocycles. The molecule has 0 aliphatic carbocycles. The Kier molecular flexibility index (Phi) is 12.4. The van der Waals surface area contributed by atoms with E-state index < -0.39 is 5.91 Å². The zero-order valence-corrected chi connectivity index (χ0v) is 9.91. The largest absolute Gasteiger partial charge is 0.370 e. The molecule has 94 valence electrons. The number of imide groups is 1. The van der Waals surface area contributed by atoms with Crippen LogP contribution in [-0.2, 0) is 14.4 Å². The van der Waals surface area contributed by atoms with Crippen molar-refractivity contribution in [1.82, 2.24) is 5.32 Å². The molecule has 0 saturated heterocycles. The summed E-state index contributed by atoms with van der Waals surface area (Å²) in [6.07, 6.45) is 3.76. The molecule has 0 radical (unpaired) electrons. The van der Waals surface area contributed by atoms with Gasteiger partial charge in [-0.3, -0.25) is 19.7 Å². The van der Waals surface area contributed by atoms with Crippen LogP contribution in [-0.4, -0.2) is 24.3 Å². The first kappa shape index (κ1) is 17.0. The molecule has 16 heavy (non-hydrogen) atoms. The molecule has 0 atom stereocenters. The van der Waals surface area contributed by atoms with Gasteiger partial charge in [0.25, 0.3) is 0 Å². The summed E-state index contributed by atoms with van der Waals surface area (Å²) < 4.78 is 0. The average Bonchev–Trinajstić information content (AvgIpc) is 2.17. The highest BCUT2D eigenvalue weighted by atomic mass is 16.2. The number of carbonyl (C=O) groups excluding carboxylic acids is 3. The van der Waals surface area contributed by atoms with E-state index in [0.29, 0.717) is 6.42 Å². The SMILES string of the molecule is CC(=O)NC(=O)CN.CCCCCC(N)=O. The molecule has 0 bridgehead atoms. The second kappa shape index (κ2) is 11.6. The van der Waals surface area contributed by atoms with Gasteiger partial charge >= 0.3 is 0 Å². The van der Waals surface area contributed by atoms with Crippen LogP contribution < -0.4 is 16.8 Å². The zero-order chi connectivity index (χ0) is 13.0. The summed E-state index contributed by atoms with van der Waals surface area (Å²) in [5.41, 5.74) is 9.75. The number of carbonyl (C=O) groups is 3. The molecule has 0 aromatic rings. The lowest BCUT2D eigenvalue weighted by atomic mass is 10.2. The fourth-order valence-corrected chi connectivity index (χ4v) is 0.797. The minimum absolute atomic E-state index is 0.139. The monoisotopic (exact) mass is 231 g/mol. The molecule has 3 amide bonds. The van der Waals surface area contributed by atoms with Gasteiger partial charge in [0.15, 0.2) is 0 Å². The van der Waals surface area contributed by atoms with E-state index in [1.807, 2.05) is 5.32 Å². The predicted octanol–water partition coefficient (Wildman–Crippen LogP) is -0.340. The predicted molar refractivity (Wildman–Crippen MR) is 61.2 cm³/mol. The Morgan fingerprint density at radius 1 is 1.19 bits per heavy atom. The quantitative estimate of drug-likeness (QED) is 0.561. The maximum Gasteiger partial charge on any atom is 0.240 e. The number of primary amides is 1. The third-order valence-electron chi connectivity index (χ3n) is 1.53. The summed E-state index contributed by atoms with van der Waals surface area (Å²) in [7, 11) is 0. The van der Waals surface area contributed by atoms with Crippen molar-refractivity contribution in [3.8, 4) is 0 Å². The van der Waals surface area contributed by atoms with Crippen LogP contribution in [0.4, 0.5) is 0 Å². The first-order valence-corrected chi connectivity index (χ1v) is 5.22. The van der Waals surface area contributed by atoms with Crippen molar-refractivity contribution in [3.63, 3.8) is 0 Å². The second-order valence-corrected chi connectivity index (χ2v) is 3.23. The fraction of sp³-hybridized carbons (Fsp3) is 0.700. The number of unbranched alkanes of at least 4 members (excludes halogenated alkanes) is 2. The molecule has 5 N–H and O–H groups in total. The van der Waals surface area contributed by atoms with Gasteiger partial charge in [-0.1, -0.05) is 19.8 Å². The third kappa shape index (κ3) is 18.4. The number of amides is 3. The van der Waals surface area contributed by atoms with E-state index in [-0.39, 0.29) is 18.4 Å². The number of rotatable bonds is 5. The Morgan fingerprint density at radius 2 is 1.75 bits per heavy atom. The van der Waals surface area contributed by atoms with E-state index in [9.17, 15) is 14.4 Å². The van der Waals surface area contributed by atoms with Crippen LogP contribution >= 0.6 is 0 Å². The van der Waals surface area contributed by atoms with E-state index in [1.54, 1.807) is 0 Å². The Hall–Kier alpha value is -1.43. The van der Waals surface area contributed by atoms with Crippen LogP contribution in [0.1, 0.15) is 39.5 Å². The number of hydrogen-bond acceptors (Lipinski definition) is 4. The molecule has 6 nitrogen and oxygen atoms in total. The van der Waals surface area contributed by atoms with Crippen molar-refractivity contribution in [1.29, 1.82) is 0 Å². The Labute approximate surface area is 95.7 Å². The molecule has 0 heterocycles. The molecule has 0 unspecified atom stereocenters. The van der Waals surface area contributed by atoms with Crippen molar-refractivity contribution < 1.29 is 14.4 Å². The van der Waals surface area contributed by atoms with Crippen LogP contribution in [0, 0.1) is 0 Å². The number of nitrogens with one attached hydrogen (secondary N) is 1. The Bertz CT molecular complexity index is 229. The van der Waals surface area contributed by atoms with E-state index in [1.165, 1.54) is 6.92 Å². The lowest BCUT2D eigenvalue weighted by Gasteiger charge is -1.93. The first-order chi connectivity index (χ1) is 7.43. The summed E-state index contributed by atoms with van der Waals surface area (Å²) >= 11 is 0. The molecule has 0 fully saturated rings. The Balaban J connectivity index is 0. The van der Waals surface area contributed by atoms with Crippen molar-refractivity contribution in [3.05, 3.63) is 0 Å². The first-order valence-electron chi connectivity index (χ1n) is 5.22. The van der Waals surface area contributed by atoms with Crippen LogP contribution in [0.5, 0.6) is 0 Å². The molecule has 0 rings (SSSR count). The summed E-state index contributed by atoms with van der Waals surface area (Å²) in [5.74, 6) is -1.00. The summed E-state index contributed by atoms with van der Waals surface area (Å²) in [6, 6.07) is 0. The lowest BCUT2D eigenvalue weighted by Crippen LogP contribution is -2.33. The second-order valence-electron chi connectivity index (χ2n) is 3.23. The van der Waals surface area contributed by atoms with Crippen molar-refractivity contribution in [2.75, 3.05) is 6.54 Å². The lowest BCUT2D eigenvalue weighted by molar-refractivity contribution is -0.128. The standard InChI is InChI=1S/C6H13NO.C4H8N2O2/c1-2-3-4-5-6(7)8;1-3(7)6-4(8)2-5/h2-5H2,1H3,(H2,7,8);2,5H2,1H3,(H,6,7,8). The summed E-state index contributed by atoms with van der Waals surface area (Å²) in [6.45, 7) is 3.22. The topological polar surface area (TPSA) is 115 Å². The maximum absolute atomic E-state index is 10.2. The summed E-state index contributed by atoms with van der Waals surface area (Å²) in [4.78, 5) is 30.3. The molecule has 0 saturated carbocycles. The van der Waals surface area contributed by atoms with Crippen LogP contribution in [0.15, 0.2) is 0 Å². The van der Waals surface area contributed by atoms with Crippen molar-refractivity contribution >= 4 is 17.7 Å². The minimum Gasteiger partial charge on any atom is -0.370 e. The highest BCUT2D eigenvalue weighted by molar-refractivity contribution is 5.94. The third-order valence-corrected chi connectivity index (χ3v) is 1.53. The fourth-order valence-electron chi connectivity index (χ4n) is 0.797. The molecule has 0 aromatic heterocycles. The van der Waals surface area contributed by atoms with Gasteiger partial charge in [-0.05, 0) is 6.42 Å². The van der Waals surface area contributed by atoms with Crippen LogP contribution in [0.2, 0.25) is 0 Å². The highest BCUT2D eigenvalue weighted by Gasteiger charge is 1.96. The van der Waals surface area contributed by atoms with Gasteiger partial charge in [0, 0.05) is 13.3 Å². The zero-order valence-electron chi connectivity index (χ0n) is 9.91. The van der Waals surface area contributed by atoms with E-state index >= 15 is 0 Å². The maximum atomic E-state index is 10.2. The van der Waals surface area contributed by atoms with Crippen molar-refractivity contribution in [2.24, 2.45) is 11.5 Å². The minimum atomic E-state index is -0.447. The smallest absolute Gasteiger partial charge is 0.240 e. The van der Waals surface area contributed by atoms with E-state index in [2.05, 4.69) is 6.92 Å². The normalized spacial score (nSPS) is 8.69. The average molecular weight is 231 g/mol. The Morgan fingerprint density at radius 3 is 2.00 bits per heavy atom. The van der Waals surface area contributed by atoms with E-state index in [4.69, 9.17) is 11.5 Å². The molecule has 6 heteroatoms. The van der Waals surface area contributed by atoms with Gasteiger partial charge in [-0.25, -0.2) is 0 Å². The van der Waals surface area contributed by atoms with Gasteiger partial charge < -0.3 is 11.5 Å². The molecular formula is C10H21N3O3. The van der Waals surface area contributed by atoms with Crippen LogP contribution in [0.3, 0.4) is 0 Å². The van der Waals surface area contributed by atoms with Crippen LogP contribution in [0.25, 0.3) is 0 Å². The number of hydrogen-bond donors (Lipinski definition) is 3. The van der Waals surface area contributed by atoms with Gasteiger partial charge in [-0.15, -0.1) is 0 Å². The summed E-state index contributed by atoms with van der Waals surface area (Å²) in [5, 5.41) is 1.99. The molecule has 0 spiro atoms. The molecule has 0 aromatic carbocycles. The van der Waals surface area contributed by atoms with Gasteiger partial charge in [0.2, 0.25) is 17.7 Å².